The molecule has 174 valence electrons. The molecule has 0 radical (unpaired) electrons. The van der Waals surface area contributed by atoms with Crippen LogP contribution >= 0.6 is 0 Å². The third-order valence-corrected chi connectivity index (χ3v) is 11.7. The Morgan fingerprint density at radius 1 is 0.833 bits per heavy atom. The quantitative estimate of drug-likeness (QED) is 0.522. The summed E-state index contributed by atoms with van der Waals surface area (Å²) in [4.78, 5) is 0. The van der Waals surface area contributed by atoms with Gasteiger partial charge in [-0.15, -0.1) is 0 Å². The molecule has 0 aromatic carbocycles. The van der Waals surface area contributed by atoms with Gasteiger partial charge in [-0.25, -0.2) is 0 Å². The van der Waals surface area contributed by atoms with Gasteiger partial charge in [-0.3, -0.25) is 0 Å². The third-order valence-electron chi connectivity index (χ3n) is 11.7. The Morgan fingerprint density at radius 3 is 2.27 bits per heavy atom. The van der Waals surface area contributed by atoms with Crippen LogP contribution in [0.4, 0.5) is 0 Å². The largest absolute Gasteiger partial charge is 0.393 e. The molecule has 11 atom stereocenters. The number of hydrogen-bond donors (Lipinski definition) is 2. The highest BCUT2D eigenvalue weighted by atomic mass is 16.3. The number of hydrogen-bond acceptors (Lipinski definition) is 2. The van der Waals surface area contributed by atoms with Crippen molar-refractivity contribution < 1.29 is 10.2 Å². The van der Waals surface area contributed by atoms with Crippen LogP contribution in [0.3, 0.4) is 0 Å². The highest BCUT2D eigenvalue weighted by Gasteiger charge is 2.62. The minimum absolute atomic E-state index is 0.0415. The first-order valence-electron chi connectivity index (χ1n) is 13.4. The van der Waals surface area contributed by atoms with E-state index in [1.54, 1.807) is 0 Å². The van der Waals surface area contributed by atoms with E-state index in [1.807, 2.05) is 0 Å². The summed E-state index contributed by atoms with van der Waals surface area (Å²) in [5.74, 6) is 6.25. The maximum atomic E-state index is 11.1. The van der Waals surface area contributed by atoms with Crippen molar-refractivity contribution in [3.63, 3.8) is 0 Å². The molecule has 4 saturated carbocycles. The number of aliphatic hydroxyl groups is 2. The first-order valence-corrected chi connectivity index (χ1v) is 13.4. The fourth-order valence-corrected chi connectivity index (χ4v) is 9.33. The van der Waals surface area contributed by atoms with Gasteiger partial charge in [0, 0.05) is 0 Å². The fraction of sp³-hybridized carbons (Fsp3) is 1.00. The molecule has 2 heteroatoms. The average molecular weight is 419 g/mol. The number of fused-ring (bicyclic) bond motifs is 5. The fourth-order valence-electron chi connectivity index (χ4n) is 9.33. The summed E-state index contributed by atoms with van der Waals surface area (Å²) >= 11 is 0. The molecule has 4 aliphatic carbocycles. The van der Waals surface area contributed by atoms with E-state index in [0.29, 0.717) is 23.7 Å². The maximum absolute atomic E-state index is 11.1. The molecule has 0 aromatic heterocycles. The molecule has 0 bridgehead atoms. The smallest absolute Gasteiger partial charge is 0.0623 e. The van der Waals surface area contributed by atoms with Crippen LogP contribution in [-0.2, 0) is 0 Å². The summed E-state index contributed by atoms with van der Waals surface area (Å²) < 4.78 is 0. The van der Waals surface area contributed by atoms with E-state index in [-0.39, 0.29) is 17.6 Å². The molecule has 0 amide bonds. The Hall–Kier alpha value is -0.0800. The van der Waals surface area contributed by atoms with E-state index in [4.69, 9.17) is 0 Å². The van der Waals surface area contributed by atoms with Crippen molar-refractivity contribution in [3.05, 3.63) is 0 Å². The molecule has 0 saturated heterocycles. The van der Waals surface area contributed by atoms with Crippen LogP contribution in [0.25, 0.3) is 0 Å². The van der Waals surface area contributed by atoms with Crippen molar-refractivity contribution in [1.29, 1.82) is 0 Å². The second-order valence-electron chi connectivity index (χ2n) is 13.2. The molecule has 30 heavy (non-hydrogen) atoms. The molecule has 4 rings (SSSR count). The second kappa shape index (κ2) is 8.36. The average Bonchev–Trinajstić information content (AvgIpc) is 3.04. The van der Waals surface area contributed by atoms with E-state index < -0.39 is 0 Å². The molecule has 4 aliphatic rings. The van der Waals surface area contributed by atoms with Crippen molar-refractivity contribution in [3.8, 4) is 0 Å². The Labute approximate surface area is 186 Å². The molecular formula is C28H50O2. The Balaban J connectivity index is 1.48. The normalized spacial score (nSPS) is 50.5. The highest BCUT2D eigenvalue weighted by Crippen LogP contribution is 2.68. The van der Waals surface area contributed by atoms with Crippen molar-refractivity contribution in [2.75, 3.05) is 0 Å². The van der Waals surface area contributed by atoms with Gasteiger partial charge in [0.05, 0.1) is 12.2 Å². The van der Waals surface area contributed by atoms with Gasteiger partial charge in [-0.05, 0) is 110 Å². The molecule has 4 fully saturated rings. The maximum Gasteiger partial charge on any atom is 0.0623 e. The lowest BCUT2D eigenvalue weighted by Crippen LogP contribution is -2.59. The standard InChI is InChI=1S/C28H50O2/c1-17(2)18(3)7-8-19(4)23-11-12-24-22-10-9-20-15-21(29)16-26(30)28(20,6)25(22)13-14-27(23,24)5/h17-26,29-30H,7-16H2,1-6H3/t18-,19+,20?,21+,22-,23+,24-,25-,26-,27+,28-/m0/s1. The molecule has 0 aromatic rings. The Morgan fingerprint density at radius 2 is 1.57 bits per heavy atom. The van der Waals surface area contributed by atoms with Crippen LogP contribution in [0, 0.1) is 58.2 Å². The lowest BCUT2D eigenvalue weighted by atomic mass is 9.43. The summed E-state index contributed by atoms with van der Waals surface area (Å²) in [6, 6.07) is 0. The summed E-state index contributed by atoms with van der Waals surface area (Å²) in [5.41, 5.74) is 0.559. The van der Waals surface area contributed by atoms with E-state index in [0.717, 1.165) is 41.9 Å². The van der Waals surface area contributed by atoms with Crippen molar-refractivity contribution in [1.82, 2.24) is 0 Å². The summed E-state index contributed by atoms with van der Waals surface area (Å²) in [6.45, 7) is 14.8. The zero-order valence-electron chi connectivity index (χ0n) is 20.7. The number of rotatable bonds is 5. The zero-order chi connectivity index (χ0) is 21.8. The molecule has 0 spiro atoms. The van der Waals surface area contributed by atoms with Gasteiger partial charge < -0.3 is 10.2 Å². The predicted molar refractivity (Wildman–Crippen MR) is 125 cm³/mol. The van der Waals surface area contributed by atoms with Gasteiger partial charge in [-0.1, -0.05) is 54.4 Å². The number of aliphatic hydroxyl groups excluding tert-OH is 2. The first-order chi connectivity index (χ1) is 14.1. The minimum atomic E-state index is -0.308. The van der Waals surface area contributed by atoms with Crippen LogP contribution in [0.5, 0.6) is 0 Å². The monoisotopic (exact) mass is 418 g/mol. The summed E-state index contributed by atoms with van der Waals surface area (Å²) in [6.07, 6.45) is 11.8. The van der Waals surface area contributed by atoms with E-state index >= 15 is 0 Å². The van der Waals surface area contributed by atoms with Crippen LogP contribution in [0.15, 0.2) is 0 Å². The zero-order valence-corrected chi connectivity index (χ0v) is 20.7. The molecule has 1 unspecified atom stereocenters. The third kappa shape index (κ3) is 3.60. The van der Waals surface area contributed by atoms with Gasteiger partial charge >= 0.3 is 0 Å². The molecule has 0 aliphatic heterocycles. The van der Waals surface area contributed by atoms with Gasteiger partial charge in [0.2, 0.25) is 0 Å². The van der Waals surface area contributed by atoms with E-state index in [1.165, 1.54) is 51.4 Å². The Bertz CT molecular complexity index is 601. The molecular weight excluding hydrogens is 368 g/mol. The van der Waals surface area contributed by atoms with Gasteiger partial charge in [0.25, 0.3) is 0 Å². The van der Waals surface area contributed by atoms with Crippen molar-refractivity contribution >= 4 is 0 Å². The summed E-state index contributed by atoms with van der Waals surface area (Å²) in [7, 11) is 0. The molecule has 0 heterocycles. The van der Waals surface area contributed by atoms with Crippen LogP contribution in [0.2, 0.25) is 0 Å². The van der Waals surface area contributed by atoms with Crippen molar-refractivity contribution in [2.45, 2.75) is 118 Å². The van der Waals surface area contributed by atoms with Crippen LogP contribution < -0.4 is 0 Å². The van der Waals surface area contributed by atoms with Gasteiger partial charge in [-0.2, -0.15) is 0 Å². The van der Waals surface area contributed by atoms with Crippen LogP contribution in [-0.4, -0.2) is 22.4 Å². The van der Waals surface area contributed by atoms with E-state index in [9.17, 15) is 10.2 Å². The highest BCUT2D eigenvalue weighted by molar-refractivity contribution is 5.11. The SMILES string of the molecule is CC(C)[C@@H](C)CC[C@@H](C)[C@H]1CC[C@H]2[C@@H]3CCC4C[C@@H](O)C[C@H](O)[C@]4(C)[C@H]3CC[C@]12C. The topological polar surface area (TPSA) is 40.5 Å². The first kappa shape index (κ1) is 23.1. The van der Waals surface area contributed by atoms with Crippen LogP contribution in [0.1, 0.15) is 106 Å². The molecule has 2 N–H and O–H groups in total. The second-order valence-corrected chi connectivity index (χ2v) is 13.2. The Kier molecular flexibility index (Phi) is 6.44. The van der Waals surface area contributed by atoms with Gasteiger partial charge in [0.15, 0.2) is 0 Å². The molecule has 2 nitrogen and oxygen atoms in total. The van der Waals surface area contributed by atoms with E-state index in [2.05, 4.69) is 41.5 Å². The lowest BCUT2D eigenvalue weighted by Gasteiger charge is -2.62. The predicted octanol–water partition coefficient (Wildman–Crippen LogP) is 6.69. The lowest BCUT2D eigenvalue weighted by molar-refractivity contribution is -0.182. The summed E-state index contributed by atoms with van der Waals surface area (Å²) in [5, 5.41) is 21.4. The van der Waals surface area contributed by atoms with Crippen molar-refractivity contribution in [2.24, 2.45) is 58.2 Å². The minimum Gasteiger partial charge on any atom is -0.393 e. The van der Waals surface area contributed by atoms with Gasteiger partial charge in [0.1, 0.15) is 0 Å².